The van der Waals surface area contributed by atoms with Crippen molar-refractivity contribution in [3.63, 3.8) is 0 Å². The second kappa shape index (κ2) is 7.55. The van der Waals surface area contributed by atoms with Crippen LogP contribution in [-0.4, -0.2) is 18.1 Å². The van der Waals surface area contributed by atoms with Crippen LogP contribution in [-0.2, 0) is 4.74 Å². The van der Waals surface area contributed by atoms with Crippen molar-refractivity contribution in [2.75, 3.05) is 7.11 Å². The van der Waals surface area contributed by atoms with Crippen LogP contribution < -0.4 is 4.74 Å². The number of methoxy groups -OCH3 is 1. The second-order valence-corrected chi connectivity index (χ2v) is 5.93. The molecule has 126 valence electrons. The third-order valence-electron chi connectivity index (χ3n) is 3.42. The van der Waals surface area contributed by atoms with E-state index in [0.29, 0.717) is 32.9 Å². The van der Waals surface area contributed by atoms with Crippen LogP contribution >= 0.6 is 23.2 Å². The Kier molecular flexibility index (Phi) is 5.22. The summed E-state index contributed by atoms with van der Waals surface area (Å²) in [5.74, 6) is 0.534. The van der Waals surface area contributed by atoms with E-state index in [2.05, 4.69) is 4.98 Å². The fourth-order valence-electron chi connectivity index (χ4n) is 2.22. The normalized spacial score (nSPS) is 10.4. The number of nitrogens with zero attached hydrogens (tertiary/aromatic N) is 1. The van der Waals surface area contributed by atoms with Gasteiger partial charge in [-0.3, -0.25) is 0 Å². The average Bonchev–Trinajstić information content (AvgIpc) is 2.64. The van der Waals surface area contributed by atoms with Crippen LogP contribution in [0.1, 0.15) is 10.4 Å². The highest BCUT2D eigenvalue weighted by molar-refractivity contribution is 6.42. The fraction of sp³-hybridized carbons (Fsp3) is 0.0526. The quantitative estimate of drug-likeness (QED) is 0.555. The highest BCUT2D eigenvalue weighted by Crippen LogP contribution is 2.29. The Morgan fingerprint density at radius 3 is 2.52 bits per heavy atom. The van der Waals surface area contributed by atoms with Crippen molar-refractivity contribution in [1.29, 1.82) is 0 Å². The van der Waals surface area contributed by atoms with E-state index in [-0.39, 0.29) is 0 Å². The molecule has 0 N–H and O–H groups in total. The number of ether oxygens (including phenoxy) is 2. The number of esters is 1. The molecular weight excluding hydrogens is 361 g/mol. The molecule has 0 saturated carbocycles. The number of carbonyl (C=O) groups is 1. The van der Waals surface area contributed by atoms with Crippen LogP contribution in [0, 0.1) is 0 Å². The first-order valence-corrected chi connectivity index (χ1v) is 8.11. The Morgan fingerprint density at radius 2 is 1.76 bits per heavy atom. The summed E-state index contributed by atoms with van der Waals surface area (Å²) in [7, 11) is 1.35. The maximum absolute atomic E-state index is 11.7. The van der Waals surface area contributed by atoms with Gasteiger partial charge in [-0.05, 0) is 30.3 Å². The number of hydrogen-bond donors (Lipinski definition) is 0. The molecule has 0 aliphatic rings. The summed E-state index contributed by atoms with van der Waals surface area (Å²) >= 11 is 11.9. The molecule has 1 aromatic heterocycles. The highest BCUT2D eigenvalue weighted by atomic mass is 35.5. The number of aromatic nitrogens is 1. The molecule has 4 nitrogen and oxygen atoms in total. The molecule has 1 heterocycles. The van der Waals surface area contributed by atoms with E-state index in [1.807, 2.05) is 18.2 Å². The highest BCUT2D eigenvalue weighted by Gasteiger charge is 2.09. The van der Waals surface area contributed by atoms with Crippen molar-refractivity contribution >= 4 is 29.2 Å². The molecule has 0 radical (unpaired) electrons. The first-order valence-electron chi connectivity index (χ1n) is 7.35. The molecule has 0 unspecified atom stereocenters. The lowest BCUT2D eigenvalue weighted by atomic mass is 10.1. The predicted octanol–water partition coefficient (Wildman–Crippen LogP) is 5.63. The Morgan fingerprint density at radius 1 is 0.960 bits per heavy atom. The lowest BCUT2D eigenvalue weighted by Gasteiger charge is -2.08. The van der Waals surface area contributed by atoms with Crippen LogP contribution in [0.25, 0.3) is 11.3 Å². The van der Waals surface area contributed by atoms with Crippen molar-refractivity contribution in [3.05, 3.63) is 76.3 Å². The molecule has 0 aliphatic carbocycles. The fourth-order valence-corrected chi connectivity index (χ4v) is 2.50. The Hall–Kier alpha value is -2.56. The van der Waals surface area contributed by atoms with E-state index < -0.39 is 5.97 Å². The first-order chi connectivity index (χ1) is 12.1. The zero-order valence-corrected chi connectivity index (χ0v) is 14.7. The van der Waals surface area contributed by atoms with Crippen LogP contribution in [0.3, 0.4) is 0 Å². The molecule has 2 aromatic carbocycles. The van der Waals surface area contributed by atoms with Crippen molar-refractivity contribution in [2.24, 2.45) is 0 Å². The molecule has 0 amide bonds. The SMILES string of the molecule is COC(=O)c1cccc(-c2cccc(Oc3ccc(Cl)c(Cl)c3)n2)c1. The molecule has 3 aromatic rings. The molecule has 3 rings (SSSR count). The van der Waals surface area contributed by atoms with Crippen LogP contribution in [0.4, 0.5) is 0 Å². The summed E-state index contributed by atoms with van der Waals surface area (Å²) in [6.45, 7) is 0. The number of carbonyl (C=O) groups excluding carboxylic acids is 1. The predicted molar refractivity (Wildman–Crippen MR) is 97.5 cm³/mol. The van der Waals surface area contributed by atoms with Gasteiger partial charge in [0.05, 0.1) is 28.4 Å². The zero-order valence-electron chi connectivity index (χ0n) is 13.2. The maximum atomic E-state index is 11.7. The van der Waals surface area contributed by atoms with Gasteiger partial charge in [0.1, 0.15) is 5.75 Å². The lowest BCUT2D eigenvalue weighted by molar-refractivity contribution is 0.0601. The van der Waals surface area contributed by atoms with E-state index in [1.165, 1.54) is 7.11 Å². The Labute approximate surface area is 154 Å². The van der Waals surface area contributed by atoms with E-state index >= 15 is 0 Å². The largest absolute Gasteiger partial charge is 0.465 e. The van der Waals surface area contributed by atoms with Gasteiger partial charge in [0, 0.05) is 17.7 Å². The third kappa shape index (κ3) is 4.10. The number of benzene rings is 2. The van der Waals surface area contributed by atoms with Crippen molar-refractivity contribution in [1.82, 2.24) is 4.98 Å². The summed E-state index contributed by atoms with van der Waals surface area (Å²) in [6, 6.07) is 17.4. The molecule has 0 fully saturated rings. The zero-order chi connectivity index (χ0) is 17.8. The second-order valence-electron chi connectivity index (χ2n) is 5.11. The summed E-state index contributed by atoms with van der Waals surface area (Å²) in [5, 5.41) is 0.858. The van der Waals surface area contributed by atoms with Crippen LogP contribution in [0.2, 0.25) is 10.0 Å². The lowest BCUT2D eigenvalue weighted by Crippen LogP contribution is -2.01. The summed E-state index contributed by atoms with van der Waals surface area (Å²) < 4.78 is 10.5. The van der Waals surface area contributed by atoms with Gasteiger partial charge < -0.3 is 9.47 Å². The number of pyridine rings is 1. The Balaban J connectivity index is 1.89. The van der Waals surface area contributed by atoms with E-state index in [0.717, 1.165) is 5.56 Å². The maximum Gasteiger partial charge on any atom is 0.337 e. The minimum Gasteiger partial charge on any atom is -0.465 e. The molecule has 0 saturated heterocycles. The van der Waals surface area contributed by atoms with E-state index in [4.69, 9.17) is 32.7 Å². The summed E-state index contributed by atoms with van der Waals surface area (Å²) in [6.07, 6.45) is 0. The average molecular weight is 374 g/mol. The first kappa shape index (κ1) is 17.3. The standard InChI is InChI=1S/C19H13Cl2NO3/c1-24-19(23)13-5-2-4-12(10-13)17-6-3-7-18(22-17)25-14-8-9-15(20)16(21)11-14/h2-11H,1H3. The molecular formula is C19H13Cl2NO3. The molecule has 0 aliphatic heterocycles. The van der Waals surface area contributed by atoms with Crippen molar-refractivity contribution in [2.45, 2.75) is 0 Å². The molecule has 6 heteroatoms. The molecule has 0 atom stereocenters. The van der Waals surface area contributed by atoms with Gasteiger partial charge in [-0.15, -0.1) is 0 Å². The van der Waals surface area contributed by atoms with Crippen LogP contribution in [0.15, 0.2) is 60.7 Å². The van der Waals surface area contributed by atoms with Gasteiger partial charge in [-0.1, -0.05) is 41.4 Å². The summed E-state index contributed by atoms with van der Waals surface area (Å²) in [5.41, 5.74) is 1.91. The van der Waals surface area contributed by atoms with Gasteiger partial charge in [-0.2, -0.15) is 0 Å². The Bertz CT molecular complexity index is 928. The molecule has 25 heavy (non-hydrogen) atoms. The minimum atomic E-state index is -0.398. The molecule has 0 spiro atoms. The number of halogens is 2. The van der Waals surface area contributed by atoms with Crippen LogP contribution in [0.5, 0.6) is 11.6 Å². The number of rotatable bonds is 4. The van der Waals surface area contributed by atoms with Gasteiger partial charge >= 0.3 is 5.97 Å². The van der Waals surface area contributed by atoms with Gasteiger partial charge in [0.2, 0.25) is 5.88 Å². The van der Waals surface area contributed by atoms with Crippen molar-refractivity contribution in [3.8, 4) is 22.9 Å². The third-order valence-corrected chi connectivity index (χ3v) is 4.16. The van der Waals surface area contributed by atoms with Crippen molar-refractivity contribution < 1.29 is 14.3 Å². The van der Waals surface area contributed by atoms with Gasteiger partial charge in [-0.25, -0.2) is 9.78 Å². The van der Waals surface area contributed by atoms with E-state index in [1.54, 1.807) is 42.5 Å². The topological polar surface area (TPSA) is 48.4 Å². The van der Waals surface area contributed by atoms with Gasteiger partial charge in [0.15, 0.2) is 0 Å². The monoisotopic (exact) mass is 373 g/mol. The smallest absolute Gasteiger partial charge is 0.337 e. The van der Waals surface area contributed by atoms with Gasteiger partial charge in [0.25, 0.3) is 0 Å². The van der Waals surface area contributed by atoms with E-state index in [9.17, 15) is 4.79 Å². The molecule has 0 bridgehead atoms. The summed E-state index contributed by atoms with van der Waals surface area (Å²) in [4.78, 5) is 16.1. The number of hydrogen-bond acceptors (Lipinski definition) is 4. The minimum absolute atomic E-state index is 0.398.